The Hall–Kier alpha value is -2.24. The minimum atomic E-state index is -1.79. The maximum Gasteiger partial charge on any atom is 0.311 e. The summed E-state index contributed by atoms with van der Waals surface area (Å²) in [6.45, 7) is 9.53. The Labute approximate surface area is 248 Å². The molecule has 4 rings (SSSR count). The first kappa shape index (κ1) is 32.7. The zero-order valence-corrected chi connectivity index (χ0v) is 25.7. The van der Waals surface area contributed by atoms with E-state index in [1.807, 2.05) is 19.9 Å². The highest BCUT2D eigenvalue weighted by molar-refractivity contribution is 5.73. The summed E-state index contributed by atoms with van der Waals surface area (Å²) in [5.74, 6) is -3.42. The summed E-state index contributed by atoms with van der Waals surface area (Å²) in [5.41, 5.74) is 0.478. The van der Waals surface area contributed by atoms with Gasteiger partial charge in [0.1, 0.15) is 18.0 Å². The highest BCUT2D eigenvalue weighted by atomic mass is 16.7. The molecule has 0 radical (unpaired) electrons. The lowest BCUT2D eigenvalue weighted by Gasteiger charge is -2.54. The van der Waals surface area contributed by atoms with E-state index >= 15 is 0 Å². The molecule has 0 aromatic heterocycles. The number of phenolic OH excluding ortho intramolecular Hbond substituents is 1. The number of benzene rings is 1. The number of carbonyl (C=O) groups is 2. The van der Waals surface area contributed by atoms with Crippen LogP contribution in [0.5, 0.6) is 5.75 Å². The van der Waals surface area contributed by atoms with Gasteiger partial charge >= 0.3 is 11.9 Å². The number of hydrogen-bond donors (Lipinski definition) is 3. The molecule has 0 spiro atoms. The second-order valence-electron chi connectivity index (χ2n) is 13.3. The van der Waals surface area contributed by atoms with Crippen molar-refractivity contribution in [1.82, 2.24) is 0 Å². The SMILES string of the molecule is CO[C@@H](CC[C@H](C)[C@H]1OC2C[C@H](OC(=O)C[C@H](CO)OC(=O)C[C@]3(O)OC2C(C)(C)C[C@H]3C)[C@@H]1C)c1cccc(O)c1. The first-order valence-electron chi connectivity index (χ1n) is 15.1. The van der Waals surface area contributed by atoms with E-state index in [-0.39, 0.29) is 42.1 Å². The maximum atomic E-state index is 13.0. The Morgan fingerprint density at radius 2 is 1.83 bits per heavy atom. The highest BCUT2D eigenvalue weighted by Crippen LogP contribution is 2.49. The monoisotopic (exact) mass is 592 g/mol. The summed E-state index contributed by atoms with van der Waals surface area (Å²) in [7, 11) is 1.65. The average Bonchev–Trinajstić information content (AvgIpc) is 2.91. The molecule has 0 aliphatic carbocycles. The summed E-state index contributed by atoms with van der Waals surface area (Å²) in [4.78, 5) is 25.8. The molecule has 3 fully saturated rings. The molecule has 1 aromatic carbocycles. The van der Waals surface area contributed by atoms with Crippen molar-refractivity contribution in [2.45, 2.75) is 116 Å². The molecule has 10 atom stereocenters. The maximum absolute atomic E-state index is 13.0. The number of rotatable bonds is 7. The predicted molar refractivity (Wildman–Crippen MR) is 152 cm³/mol. The van der Waals surface area contributed by atoms with Gasteiger partial charge in [0.05, 0.1) is 43.9 Å². The third-order valence-corrected chi connectivity index (χ3v) is 9.49. The van der Waals surface area contributed by atoms with Crippen LogP contribution in [0.3, 0.4) is 0 Å². The van der Waals surface area contributed by atoms with Gasteiger partial charge in [-0.1, -0.05) is 46.8 Å². The fourth-order valence-corrected chi connectivity index (χ4v) is 7.10. The number of fused-ring (bicyclic) bond motifs is 5. The van der Waals surface area contributed by atoms with Crippen LogP contribution in [0.4, 0.5) is 0 Å². The number of phenols is 1. The van der Waals surface area contributed by atoms with Crippen LogP contribution in [0.1, 0.15) is 84.8 Å². The largest absolute Gasteiger partial charge is 0.508 e. The van der Waals surface area contributed by atoms with Gasteiger partial charge in [0, 0.05) is 25.4 Å². The zero-order valence-electron chi connectivity index (χ0n) is 25.7. The van der Waals surface area contributed by atoms with Crippen molar-refractivity contribution in [2.75, 3.05) is 13.7 Å². The van der Waals surface area contributed by atoms with Gasteiger partial charge in [0.2, 0.25) is 0 Å². The predicted octanol–water partition coefficient (Wildman–Crippen LogP) is 4.04. The van der Waals surface area contributed by atoms with Gasteiger partial charge in [-0.15, -0.1) is 0 Å². The number of aromatic hydroxyl groups is 1. The van der Waals surface area contributed by atoms with Crippen molar-refractivity contribution in [3.8, 4) is 5.75 Å². The standard InChI is InChI=1S/C32H48O10/c1-18(10-11-24(38-6)21-8-7-9-22(34)12-21)29-20(3)25-14-26(41-29)30-31(4,5)15-19(2)32(37,42-30)16-28(36)39-23(17-33)13-27(35)40-25/h7-9,12,18-20,23-26,29-30,33-34,37H,10-11,13-17H2,1-6H3/t18-,19+,20-,23+,24-,25-,26?,29+,30?,32-/m0/s1. The van der Waals surface area contributed by atoms with Gasteiger partial charge in [0.25, 0.3) is 0 Å². The molecule has 1 aromatic rings. The second kappa shape index (κ2) is 13.2. The molecule has 0 amide bonds. The Morgan fingerprint density at radius 3 is 2.50 bits per heavy atom. The number of aliphatic hydroxyl groups excluding tert-OH is 1. The van der Waals surface area contributed by atoms with Crippen LogP contribution >= 0.6 is 0 Å². The zero-order chi connectivity index (χ0) is 30.8. The Morgan fingerprint density at radius 1 is 1.10 bits per heavy atom. The molecule has 3 aliphatic rings. The van der Waals surface area contributed by atoms with Crippen LogP contribution in [-0.4, -0.2) is 77.3 Å². The van der Waals surface area contributed by atoms with Crippen molar-refractivity contribution in [2.24, 2.45) is 23.2 Å². The molecule has 2 unspecified atom stereocenters. The summed E-state index contributed by atoms with van der Waals surface area (Å²) >= 11 is 0. The Balaban J connectivity index is 1.61. The number of hydrogen-bond acceptors (Lipinski definition) is 10. The topological polar surface area (TPSA) is 141 Å². The Kier molecular flexibility index (Phi) is 10.2. The van der Waals surface area contributed by atoms with Crippen molar-refractivity contribution < 1.29 is 48.6 Å². The lowest BCUT2D eigenvalue weighted by molar-refractivity contribution is -0.337. The van der Waals surface area contributed by atoms with E-state index in [0.717, 1.165) is 12.0 Å². The van der Waals surface area contributed by atoms with Gasteiger partial charge in [-0.2, -0.15) is 0 Å². The Bertz CT molecular complexity index is 1090. The molecule has 3 N–H and O–H groups in total. The molecular weight excluding hydrogens is 544 g/mol. The van der Waals surface area contributed by atoms with Gasteiger partial charge < -0.3 is 39.0 Å². The summed E-state index contributed by atoms with van der Waals surface area (Å²) in [6.07, 6.45) is -1.53. The quantitative estimate of drug-likeness (QED) is 0.397. The fourth-order valence-electron chi connectivity index (χ4n) is 7.10. The summed E-state index contributed by atoms with van der Waals surface area (Å²) in [6, 6.07) is 7.05. The first-order chi connectivity index (χ1) is 19.8. The van der Waals surface area contributed by atoms with Crippen LogP contribution in [-0.2, 0) is 33.3 Å². The highest BCUT2D eigenvalue weighted by Gasteiger charge is 2.56. The van der Waals surface area contributed by atoms with E-state index < -0.39 is 60.6 Å². The average molecular weight is 593 g/mol. The molecule has 42 heavy (non-hydrogen) atoms. The first-order valence-corrected chi connectivity index (χ1v) is 15.1. The van der Waals surface area contributed by atoms with Crippen LogP contribution in [0.25, 0.3) is 0 Å². The minimum absolute atomic E-state index is 0.0363. The van der Waals surface area contributed by atoms with Crippen LogP contribution in [0.15, 0.2) is 24.3 Å². The van der Waals surface area contributed by atoms with E-state index in [9.17, 15) is 24.9 Å². The van der Waals surface area contributed by atoms with E-state index in [2.05, 4.69) is 20.8 Å². The third-order valence-electron chi connectivity index (χ3n) is 9.49. The molecule has 4 bridgehead atoms. The molecule has 10 heteroatoms. The van der Waals surface area contributed by atoms with Gasteiger partial charge in [-0.25, -0.2) is 0 Å². The number of methoxy groups -OCH3 is 1. The number of carbonyl (C=O) groups excluding carboxylic acids is 2. The van der Waals surface area contributed by atoms with E-state index in [4.69, 9.17) is 23.7 Å². The lowest BCUT2D eigenvalue weighted by Crippen LogP contribution is -2.61. The molecule has 0 saturated carbocycles. The number of aliphatic hydroxyl groups is 2. The summed E-state index contributed by atoms with van der Waals surface area (Å²) in [5, 5.41) is 31.3. The molecule has 3 saturated heterocycles. The van der Waals surface area contributed by atoms with Crippen LogP contribution in [0.2, 0.25) is 0 Å². The minimum Gasteiger partial charge on any atom is -0.508 e. The van der Waals surface area contributed by atoms with Crippen molar-refractivity contribution in [3.63, 3.8) is 0 Å². The number of esters is 2. The summed E-state index contributed by atoms with van der Waals surface area (Å²) < 4.78 is 30.3. The normalized spacial score (nSPS) is 36.8. The van der Waals surface area contributed by atoms with E-state index in [1.165, 1.54) is 0 Å². The lowest BCUT2D eigenvalue weighted by atomic mass is 9.69. The van der Waals surface area contributed by atoms with Gasteiger partial charge in [0.15, 0.2) is 5.79 Å². The third kappa shape index (κ3) is 7.27. The fraction of sp³-hybridized carbons (Fsp3) is 0.750. The molecule has 10 nitrogen and oxygen atoms in total. The second-order valence-corrected chi connectivity index (χ2v) is 13.3. The van der Waals surface area contributed by atoms with Crippen LogP contribution in [0, 0.1) is 23.2 Å². The molecule has 3 heterocycles. The van der Waals surface area contributed by atoms with Gasteiger partial charge in [-0.3, -0.25) is 9.59 Å². The van der Waals surface area contributed by atoms with Crippen molar-refractivity contribution in [1.29, 1.82) is 0 Å². The number of cyclic esters (lactones) is 1. The molecule has 3 aliphatic heterocycles. The smallest absolute Gasteiger partial charge is 0.311 e. The number of ether oxygens (including phenoxy) is 5. The van der Waals surface area contributed by atoms with E-state index in [0.29, 0.717) is 19.3 Å². The van der Waals surface area contributed by atoms with Crippen molar-refractivity contribution in [3.05, 3.63) is 29.8 Å². The van der Waals surface area contributed by atoms with Crippen molar-refractivity contribution >= 4 is 11.9 Å². The van der Waals surface area contributed by atoms with Crippen LogP contribution < -0.4 is 0 Å². The molecular formula is C32H48O10. The molecule has 236 valence electrons. The van der Waals surface area contributed by atoms with E-state index in [1.54, 1.807) is 25.3 Å². The van der Waals surface area contributed by atoms with Gasteiger partial charge in [-0.05, 0) is 48.3 Å².